The van der Waals surface area contributed by atoms with Gasteiger partial charge in [0.2, 0.25) is 0 Å². The Morgan fingerprint density at radius 1 is 1.17 bits per heavy atom. The number of nitro benzene ring substituents is 1. The number of aliphatic carboxylic acids is 1. The molecular weight excluding hydrogens is 398 g/mol. The minimum absolute atomic E-state index is 0.0417. The van der Waals surface area contributed by atoms with E-state index in [0.717, 1.165) is 12.1 Å². The van der Waals surface area contributed by atoms with Gasteiger partial charge in [-0.15, -0.1) is 0 Å². The Kier molecular flexibility index (Phi) is 5.54. The number of nitrogens with zero attached hydrogens (tertiary/aromatic N) is 2. The number of hydrogen-bond acceptors (Lipinski definition) is 7. The first-order valence-corrected chi connectivity index (χ1v) is 8.37. The average Bonchev–Trinajstić information content (AvgIpc) is 2.70. The van der Waals surface area contributed by atoms with E-state index in [0.29, 0.717) is 10.5 Å². The minimum Gasteiger partial charge on any atom is -0.482 e. The second-order valence-electron chi connectivity index (χ2n) is 5.99. The van der Waals surface area contributed by atoms with Crippen LogP contribution in [0.5, 0.6) is 5.75 Å². The van der Waals surface area contributed by atoms with Crippen molar-refractivity contribution in [3.05, 3.63) is 69.8 Å². The molecule has 0 aromatic heterocycles. The minimum atomic E-state index is -1.17. The van der Waals surface area contributed by atoms with Crippen molar-refractivity contribution < 1.29 is 33.9 Å². The highest BCUT2D eigenvalue weighted by Gasteiger charge is 2.36. The van der Waals surface area contributed by atoms with Crippen LogP contribution < -0.4 is 15.0 Å². The van der Waals surface area contributed by atoms with Crippen LogP contribution in [0.2, 0.25) is 0 Å². The fourth-order valence-electron chi connectivity index (χ4n) is 2.62. The van der Waals surface area contributed by atoms with Crippen LogP contribution in [0.4, 0.5) is 16.2 Å². The Morgan fingerprint density at radius 2 is 1.87 bits per heavy atom. The van der Waals surface area contributed by atoms with Gasteiger partial charge >= 0.3 is 12.0 Å². The molecule has 152 valence electrons. The van der Waals surface area contributed by atoms with Crippen molar-refractivity contribution in [3.63, 3.8) is 0 Å². The van der Waals surface area contributed by atoms with Crippen LogP contribution in [-0.4, -0.2) is 40.5 Å². The maximum atomic E-state index is 12.8. The van der Waals surface area contributed by atoms with Crippen molar-refractivity contribution in [1.29, 1.82) is 0 Å². The fourth-order valence-corrected chi connectivity index (χ4v) is 2.62. The number of barbiturate groups is 1. The molecule has 3 rings (SSSR count). The van der Waals surface area contributed by atoms with Gasteiger partial charge in [-0.2, -0.15) is 0 Å². The number of carbonyl (C=O) groups is 4. The summed E-state index contributed by atoms with van der Waals surface area (Å²) >= 11 is 0. The Bertz CT molecular complexity index is 1090. The second kappa shape index (κ2) is 8.22. The van der Waals surface area contributed by atoms with Crippen molar-refractivity contribution >= 4 is 41.3 Å². The fraction of sp³-hybridized carbons (Fsp3) is 0.0526. The SMILES string of the molecule is O=C(O)COc1cccc(/C=C2/C(=O)NC(=O)N(c3ccc([N+](=O)[O-])cc3)C2=O)c1. The van der Waals surface area contributed by atoms with Crippen molar-refractivity contribution in [3.8, 4) is 5.75 Å². The zero-order valence-corrected chi connectivity index (χ0v) is 15.1. The molecule has 11 nitrogen and oxygen atoms in total. The number of nitro groups is 1. The number of anilines is 1. The first kappa shape index (κ1) is 20.2. The van der Waals surface area contributed by atoms with Gasteiger partial charge in [-0.1, -0.05) is 12.1 Å². The van der Waals surface area contributed by atoms with E-state index in [1.807, 2.05) is 5.32 Å². The molecule has 1 aliphatic heterocycles. The van der Waals surface area contributed by atoms with Gasteiger partial charge in [0.05, 0.1) is 10.6 Å². The first-order valence-electron chi connectivity index (χ1n) is 8.37. The van der Waals surface area contributed by atoms with E-state index in [4.69, 9.17) is 9.84 Å². The number of non-ortho nitro benzene ring substituents is 1. The molecule has 1 saturated heterocycles. The van der Waals surface area contributed by atoms with Gasteiger partial charge < -0.3 is 9.84 Å². The van der Waals surface area contributed by atoms with Crippen LogP contribution in [0, 0.1) is 10.1 Å². The number of carbonyl (C=O) groups excluding carboxylic acids is 3. The standard InChI is InChI=1S/C19H13N3O8/c23-16(24)10-30-14-3-1-2-11(8-14)9-15-17(25)20-19(27)21(18(15)26)12-4-6-13(7-5-12)22(28)29/h1-9H,10H2,(H,23,24)(H,20,25,27)/b15-9-. The molecule has 1 heterocycles. The van der Waals surface area contributed by atoms with Crippen LogP contribution >= 0.6 is 0 Å². The molecule has 1 aliphatic rings. The highest BCUT2D eigenvalue weighted by atomic mass is 16.6. The summed E-state index contributed by atoms with van der Waals surface area (Å²) < 4.78 is 5.06. The zero-order valence-electron chi connectivity index (χ0n) is 15.1. The molecule has 2 N–H and O–H groups in total. The summed E-state index contributed by atoms with van der Waals surface area (Å²) in [5, 5.41) is 21.5. The topological polar surface area (TPSA) is 156 Å². The van der Waals surface area contributed by atoms with E-state index in [9.17, 15) is 29.3 Å². The number of ether oxygens (including phenoxy) is 1. The first-order chi connectivity index (χ1) is 14.3. The van der Waals surface area contributed by atoms with Gasteiger partial charge in [0.25, 0.3) is 17.5 Å². The molecular formula is C19H13N3O8. The summed E-state index contributed by atoms with van der Waals surface area (Å²) in [5.41, 5.74) is -0.189. The van der Waals surface area contributed by atoms with Crippen LogP contribution in [0.25, 0.3) is 6.08 Å². The van der Waals surface area contributed by atoms with E-state index in [1.54, 1.807) is 6.07 Å². The summed E-state index contributed by atoms with van der Waals surface area (Å²) in [6.07, 6.45) is 1.22. The molecule has 11 heteroatoms. The number of carboxylic acids is 1. The number of rotatable bonds is 6. The highest BCUT2D eigenvalue weighted by molar-refractivity contribution is 6.39. The number of urea groups is 1. The molecule has 2 aromatic rings. The lowest BCUT2D eigenvalue weighted by atomic mass is 10.1. The summed E-state index contributed by atoms with van der Waals surface area (Å²) in [4.78, 5) is 58.6. The number of imide groups is 2. The molecule has 0 radical (unpaired) electrons. The van der Waals surface area contributed by atoms with Crippen LogP contribution in [-0.2, 0) is 14.4 Å². The predicted molar refractivity (Wildman–Crippen MR) is 102 cm³/mol. The molecule has 0 atom stereocenters. The van der Waals surface area contributed by atoms with E-state index < -0.39 is 35.3 Å². The van der Waals surface area contributed by atoms with Gasteiger partial charge in [0.1, 0.15) is 11.3 Å². The van der Waals surface area contributed by atoms with Gasteiger partial charge in [0, 0.05) is 12.1 Å². The summed E-state index contributed by atoms with van der Waals surface area (Å²) in [7, 11) is 0. The van der Waals surface area contributed by atoms with E-state index >= 15 is 0 Å². The van der Waals surface area contributed by atoms with E-state index in [-0.39, 0.29) is 22.7 Å². The monoisotopic (exact) mass is 411 g/mol. The third kappa shape index (κ3) is 4.30. The number of amides is 4. The number of benzene rings is 2. The molecule has 1 fully saturated rings. The van der Waals surface area contributed by atoms with Gasteiger partial charge in [-0.05, 0) is 35.9 Å². The second-order valence-corrected chi connectivity index (χ2v) is 5.99. The van der Waals surface area contributed by atoms with Crippen molar-refractivity contribution in [1.82, 2.24) is 5.32 Å². The molecule has 0 saturated carbocycles. The molecule has 0 bridgehead atoms. The molecule has 4 amide bonds. The molecule has 0 spiro atoms. The van der Waals surface area contributed by atoms with Crippen molar-refractivity contribution in [2.45, 2.75) is 0 Å². The van der Waals surface area contributed by atoms with E-state index in [2.05, 4.69) is 0 Å². The lowest BCUT2D eigenvalue weighted by Gasteiger charge is -2.26. The largest absolute Gasteiger partial charge is 0.482 e. The van der Waals surface area contributed by atoms with Gasteiger partial charge in [-0.3, -0.25) is 25.0 Å². The predicted octanol–water partition coefficient (Wildman–Crippen LogP) is 1.72. The maximum Gasteiger partial charge on any atom is 0.341 e. The number of nitrogens with one attached hydrogen (secondary N) is 1. The lowest BCUT2D eigenvalue weighted by Crippen LogP contribution is -2.54. The summed E-state index contributed by atoms with van der Waals surface area (Å²) in [5.74, 6) is -2.80. The molecule has 2 aromatic carbocycles. The van der Waals surface area contributed by atoms with Crippen LogP contribution in [0.3, 0.4) is 0 Å². The summed E-state index contributed by atoms with van der Waals surface area (Å²) in [6.45, 7) is -0.568. The van der Waals surface area contributed by atoms with E-state index in [1.165, 1.54) is 36.4 Å². The number of carboxylic acid groups (broad SMARTS) is 1. The van der Waals surface area contributed by atoms with Crippen LogP contribution in [0.1, 0.15) is 5.56 Å². The van der Waals surface area contributed by atoms with Crippen LogP contribution in [0.15, 0.2) is 54.1 Å². The Labute approximate surface area is 168 Å². The third-order valence-corrected chi connectivity index (χ3v) is 3.95. The smallest absolute Gasteiger partial charge is 0.341 e. The Balaban J connectivity index is 1.91. The number of hydrogen-bond donors (Lipinski definition) is 2. The third-order valence-electron chi connectivity index (χ3n) is 3.95. The zero-order chi connectivity index (χ0) is 21.8. The average molecular weight is 411 g/mol. The van der Waals surface area contributed by atoms with Crippen molar-refractivity contribution in [2.24, 2.45) is 0 Å². The highest BCUT2D eigenvalue weighted by Crippen LogP contribution is 2.25. The molecule has 30 heavy (non-hydrogen) atoms. The summed E-state index contributed by atoms with van der Waals surface area (Å²) in [6, 6.07) is 9.69. The Hall–Kier alpha value is -4.54. The lowest BCUT2D eigenvalue weighted by molar-refractivity contribution is -0.384. The van der Waals surface area contributed by atoms with Crippen molar-refractivity contribution in [2.75, 3.05) is 11.5 Å². The molecule has 0 unspecified atom stereocenters. The molecule has 0 aliphatic carbocycles. The Morgan fingerprint density at radius 3 is 2.50 bits per heavy atom. The van der Waals surface area contributed by atoms with Gasteiger partial charge in [0.15, 0.2) is 6.61 Å². The van der Waals surface area contributed by atoms with Gasteiger partial charge in [-0.25, -0.2) is 14.5 Å². The quantitative estimate of drug-likeness (QED) is 0.315. The maximum absolute atomic E-state index is 12.8. The normalized spacial score (nSPS) is 15.1.